The fourth-order valence-electron chi connectivity index (χ4n) is 2.09. The van der Waals surface area contributed by atoms with Gasteiger partial charge in [0, 0.05) is 6.54 Å². The number of benzene rings is 2. The first-order chi connectivity index (χ1) is 11.1. The number of rotatable bonds is 7. The Hall–Kier alpha value is -2.23. The molecule has 0 aliphatic rings. The second kappa shape index (κ2) is 9.03. The summed E-state index contributed by atoms with van der Waals surface area (Å²) in [6, 6.07) is 19.0. The Morgan fingerprint density at radius 3 is 2.13 bits per heavy atom. The third-order valence-electron chi connectivity index (χ3n) is 3.27. The molecule has 2 aromatic rings. The van der Waals surface area contributed by atoms with Crippen molar-refractivity contribution in [2.75, 3.05) is 12.8 Å². The summed E-state index contributed by atoms with van der Waals surface area (Å²) in [7, 11) is -2.44. The molecule has 120 valence electrons. The lowest BCUT2D eigenvalue weighted by atomic mass is 10.1. The standard InChI is InChI=1S/C17H18NO4P/c19-17(22-13-16-9-5-2-6-10-16)18(14-23(20)21)12-11-15-7-3-1-4-8-15/h1-10H,11-14H2/p+1. The minimum atomic E-state index is -2.44. The van der Waals surface area contributed by atoms with E-state index in [0.29, 0.717) is 13.0 Å². The second-order valence-electron chi connectivity index (χ2n) is 5.03. The van der Waals surface area contributed by atoms with Crippen LogP contribution in [0.4, 0.5) is 4.79 Å². The van der Waals surface area contributed by atoms with E-state index in [0.717, 1.165) is 11.1 Å². The number of amides is 1. The van der Waals surface area contributed by atoms with Gasteiger partial charge in [0.2, 0.25) is 0 Å². The molecule has 0 aromatic heterocycles. The van der Waals surface area contributed by atoms with Crippen molar-refractivity contribution in [3.05, 3.63) is 71.8 Å². The summed E-state index contributed by atoms with van der Waals surface area (Å²) in [5.74, 6) is 0. The molecule has 0 aliphatic heterocycles. The van der Waals surface area contributed by atoms with Gasteiger partial charge in [-0.1, -0.05) is 60.7 Å². The van der Waals surface area contributed by atoms with Crippen LogP contribution in [0.3, 0.4) is 0 Å². The highest BCUT2D eigenvalue weighted by Gasteiger charge is 2.24. The summed E-state index contributed by atoms with van der Waals surface area (Å²) < 4.78 is 16.3. The number of nitrogens with zero attached hydrogens (tertiary/aromatic N) is 1. The van der Waals surface area contributed by atoms with Gasteiger partial charge in [-0.2, -0.15) is 4.89 Å². The van der Waals surface area contributed by atoms with Crippen molar-refractivity contribution in [1.29, 1.82) is 0 Å². The van der Waals surface area contributed by atoms with Crippen LogP contribution in [0.5, 0.6) is 0 Å². The molecule has 6 heteroatoms. The van der Waals surface area contributed by atoms with E-state index in [4.69, 9.17) is 9.63 Å². The Kier molecular flexibility index (Phi) is 6.73. The average molecular weight is 332 g/mol. The number of carbonyl (C=O) groups excluding carboxylic acids is 1. The van der Waals surface area contributed by atoms with Crippen molar-refractivity contribution in [1.82, 2.24) is 4.90 Å². The molecular weight excluding hydrogens is 313 g/mol. The lowest BCUT2D eigenvalue weighted by Gasteiger charge is -2.17. The molecule has 2 aromatic carbocycles. The van der Waals surface area contributed by atoms with Gasteiger partial charge in [-0.05, 0) is 22.1 Å². The Bertz CT molecular complexity index is 634. The largest absolute Gasteiger partial charge is 0.527 e. The van der Waals surface area contributed by atoms with E-state index in [1.54, 1.807) is 0 Å². The summed E-state index contributed by atoms with van der Waals surface area (Å²) in [6.45, 7) is 0.475. The van der Waals surface area contributed by atoms with Gasteiger partial charge in [0.1, 0.15) is 6.61 Å². The summed E-state index contributed by atoms with van der Waals surface area (Å²) in [5, 5.41) is 0. The first kappa shape index (κ1) is 17.1. The molecule has 0 spiro atoms. The van der Waals surface area contributed by atoms with Crippen molar-refractivity contribution in [3.63, 3.8) is 0 Å². The number of ether oxygens (including phenoxy) is 1. The van der Waals surface area contributed by atoms with E-state index in [-0.39, 0.29) is 12.9 Å². The molecule has 23 heavy (non-hydrogen) atoms. The molecular formula is C17H19NO4P+. The van der Waals surface area contributed by atoms with Crippen molar-refractivity contribution >= 4 is 14.1 Å². The van der Waals surface area contributed by atoms with E-state index in [1.807, 2.05) is 60.7 Å². The van der Waals surface area contributed by atoms with Gasteiger partial charge >= 0.3 is 14.1 Å². The summed E-state index contributed by atoms with van der Waals surface area (Å²) >= 11 is 0. The molecule has 0 heterocycles. The lowest BCUT2D eigenvalue weighted by molar-refractivity contribution is 0.102. The monoisotopic (exact) mass is 332 g/mol. The zero-order chi connectivity index (χ0) is 16.5. The van der Waals surface area contributed by atoms with E-state index >= 15 is 0 Å². The molecule has 1 unspecified atom stereocenters. The molecule has 1 amide bonds. The molecule has 1 N–H and O–H groups in total. The van der Waals surface area contributed by atoms with Crippen LogP contribution in [0, 0.1) is 0 Å². The Labute approximate surface area is 136 Å². The zero-order valence-electron chi connectivity index (χ0n) is 12.7. The number of hydrogen-bond acceptors (Lipinski definition) is 3. The maximum atomic E-state index is 12.1. The quantitative estimate of drug-likeness (QED) is 0.787. The third kappa shape index (κ3) is 6.19. The van der Waals surface area contributed by atoms with Gasteiger partial charge in [0.25, 0.3) is 6.29 Å². The van der Waals surface area contributed by atoms with E-state index in [9.17, 15) is 9.36 Å². The van der Waals surface area contributed by atoms with Gasteiger partial charge < -0.3 is 4.74 Å². The van der Waals surface area contributed by atoms with Crippen LogP contribution >= 0.6 is 8.03 Å². The Morgan fingerprint density at radius 2 is 1.57 bits per heavy atom. The molecule has 1 atom stereocenters. The van der Waals surface area contributed by atoms with Crippen molar-refractivity contribution in [2.24, 2.45) is 0 Å². The molecule has 5 nitrogen and oxygen atoms in total. The molecule has 2 rings (SSSR count). The maximum absolute atomic E-state index is 12.1. The zero-order valence-corrected chi connectivity index (χ0v) is 13.6. The number of hydrogen-bond donors (Lipinski definition) is 1. The Morgan fingerprint density at radius 1 is 1.00 bits per heavy atom. The molecule has 0 saturated carbocycles. The van der Waals surface area contributed by atoms with Crippen molar-refractivity contribution in [2.45, 2.75) is 13.0 Å². The summed E-state index contributed by atoms with van der Waals surface area (Å²) in [6.07, 6.45) is -0.206. The molecule has 0 bridgehead atoms. The summed E-state index contributed by atoms with van der Waals surface area (Å²) in [4.78, 5) is 22.5. The van der Waals surface area contributed by atoms with Crippen LogP contribution in [0.2, 0.25) is 0 Å². The van der Waals surface area contributed by atoms with Gasteiger partial charge in [0.15, 0.2) is 0 Å². The minimum Gasteiger partial charge on any atom is -0.444 e. The van der Waals surface area contributed by atoms with Crippen LogP contribution in [0.25, 0.3) is 0 Å². The van der Waals surface area contributed by atoms with Crippen LogP contribution in [0.1, 0.15) is 11.1 Å². The first-order valence-electron chi connectivity index (χ1n) is 7.28. The van der Waals surface area contributed by atoms with E-state index in [2.05, 4.69) is 0 Å². The highest BCUT2D eigenvalue weighted by Crippen LogP contribution is 2.17. The molecule has 0 fully saturated rings. The molecule has 0 radical (unpaired) electrons. The van der Waals surface area contributed by atoms with E-state index in [1.165, 1.54) is 4.90 Å². The molecule has 0 saturated heterocycles. The third-order valence-corrected chi connectivity index (χ3v) is 3.85. The smallest absolute Gasteiger partial charge is 0.444 e. The van der Waals surface area contributed by atoms with Crippen LogP contribution in [-0.2, 0) is 22.3 Å². The van der Waals surface area contributed by atoms with Crippen LogP contribution in [0.15, 0.2) is 60.7 Å². The van der Waals surface area contributed by atoms with Gasteiger partial charge in [-0.25, -0.2) is 4.79 Å². The SMILES string of the molecule is O=C(OCc1ccccc1)N(CCc1ccccc1)C[P+](=O)O. The number of carbonyl (C=O) groups is 1. The van der Waals surface area contributed by atoms with Crippen molar-refractivity contribution in [3.8, 4) is 0 Å². The first-order valence-corrected chi connectivity index (χ1v) is 8.68. The fraction of sp³-hybridized carbons (Fsp3) is 0.235. The Balaban J connectivity index is 1.91. The highest BCUT2D eigenvalue weighted by molar-refractivity contribution is 7.37. The topological polar surface area (TPSA) is 66.8 Å². The normalized spacial score (nSPS) is 10.9. The lowest BCUT2D eigenvalue weighted by Crippen LogP contribution is -2.33. The minimum absolute atomic E-state index is 0.143. The van der Waals surface area contributed by atoms with E-state index < -0.39 is 14.1 Å². The second-order valence-corrected chi connectivity index (χ2v) is 6.02. The predicted octanol–water partition coefficient (Wildman–Crippen LogP) is 3.56. The van der Waals surface area contributed by atoms with Gasteiger partial charge in [-0.15, -0.1) is 0 Å². The van der Waals surface area contributed by atoms with Crippen LogP contribution < -0.4 is 0 Å². The van der Waals surface area contributed by atoms with Gasteiger partial charge in [-0.3, -0.25) is 4.90 Å². The maximum Gasteiger partial charge on any atom is 0.527 e. The van der Waals surface area contributed by atoms with Crippen LogP contribution in [-0.4, -0.2) is 28.7 Å². The highest BCUT2D eigenvalue weighted by atomic mass is 31.1. The molecule has 0 aliphatic carbocycles. The summed E-state index contributed by atoms with van der Waals surface area (Å²) in [5.41, 5.74) is 1.93. The fourth-order valence-corrected chi connectivity index (χ4v) is 2.63. The predicted molar refractivity (Wildman–Crippen MR) is 88.2 cm³/mol. The van der Waals surface area contributed by atoms with Gasteiger partial charge in [0.05, 0.1) is 0 Å². The average Bonchev–Trinajstić information content (AvgIpc) is 2.58. The van der Waals surface area contributed by atoms with Crippen molar-refractivity contribution < 1.29 is 19.0 Å².